The normalized spacial score (nSPS) is 16.1. The van der Waals surface area contributed by atoms with Crippen molar-refractivity contribution in [2.75, 3.05) is 18.0 Å². The zero-order chi connectivity index (χ0) is 14.8. The average molecular weight is 312 g/mol. The topological polar surface area (TPSA) is 59.7 Å². The minimum absolute atomic E-state index is 0.543. The van der Waals surface area contributed by atoms with Crippen molar-refractivity contribution in [3.8, 4) is 10.7 Å². The summed E-state index contributed by atoms with van der Waals surface area (Å²) < 4.78 is 2.21. The molecule has 0 aromatic carbocycles. The lowest BCUT2D eigenvalue weighted by atomic mass is 10.1. The molecular weight excluding hydrogens is 296 g/mol. The van der Waals surface area contributed by atoms with E-state index in [1.165, 1.54) is 0 Å². The van der Waals surface area contributed by atoms with Crippen LogP contribution in [0.5, 0.6) is 0 Å². The van der Waals surface area contributed by atoms with Gasteiger partial charge in [-0.15, -0.1) is 10.2 Å². The molecule has 0 aliphatic carbocycles. The molecule has 1 fully saturated rings. The number of hydrogen-bond donors (Lipinski definition) is 0. The molecule has 3 aromatic rings. The average Bonchev–Trinajstić information content (AvgIpc) is 3.28. The maximum absolute atomic E-state index is 4.34. The number of pyridine rings is 1. The SMILES string of the molecule is c1ccc(-c2nnc(N3CCC(n4ccnc4)CC3)s2)nc1. The third kappa shape index (κ3) is 2.59. The van der Waals surface area contributed by atoms with Gasteiger partial charge in [0.25, 0.3) is 0 Å². The second kappa shape index (κ2) is 5.84. The smallest absolute Gasteiger partial charge is 0.208 e. The predicted molar refractivity (Wildman–Crippen MR) is 85.9 cm³/mol. The summed E-state index contributed by atoms with van der Waals surface area (Å²) in [4.78, 5) is 10.8. The number of hydrogen-bond acceptors (Lipinski definition) is 6. The Morgan fingerprint density at radius 3 is 2.73 bits per heavy atom. The monoisotopic (exact) mass is 312 g/mol. The highest BCUT2D eigenvalue weighted by Crippen LogP contribution is 2.31. The van der Waals surface area contributed by atoms with Gasteiger partial charge in [0.2, 0.25) is 5.13 Å². The van der Waals surface area contributed by atoms with E-state index in [0.717, 1.165) is 41.8 Å². The zero-order valence-corrected chi connectivity index (χ0v) is 12.9. The quantitative estimate of drug-likeness (QED) is 0.744. The van der Waals surface area contributed by atoms with Gasteiger partial charge >= 0.3 is 0 Å². The summed E-state index contributed by atoms with van der Waals surface area (Å²) in [5.74, 6) is 0. The molecule has 0 amide bonds. The van der Waals surface area contributed by atoms with E-state index in [0.29, 0.717) is 6.04 Å². The van der Waals surface area contributed by atoms with Crippen LogP contribution in [0.25, 0.3) is 10.7 Å². The van der Waals surface area contributed by atoms with Crippen LogP contribution in [0.2, 0.25) is 0 Å². The Morgan fingerprint density at radius 2 is 2.00 bits per heavy atom. The first kappa shape index (κ1) is 13.4. The van der Waals surface area contributed by atoms with Crippen molar-refractivity contribution in [1.29, 1.82) is 0 Å². The minimum atomic E-state index is 0.543. The second-order valence-electron chi connectivity index (χ2n) is 5.33. The molecule has 3 aromatic heterocycles. The van der Waals surface area contributed by atoms with Crippen molar-refractivity contribution < 1.29 is 0 Å². The summed E-state index contributed by atoms with van der Waals surface area (Å²) in [7, 11) is 0. The number of rotatable bonds is 3. The molecule has 0 unspecified atom stereocenters. The van der Waals surface area contributed by atoms with Crippen molar-refractivity contribution in [2.24, 2.45) is 0 Å². The van der Waals surface area contributed by atoms with E-state index in [1.54, 1.807) is 17.5 Å². The van der Waals surface area contributed by atoms with Gasteiger partial charge < -0.3 is 9.47 Å². The molecule has 6 nitrogen and oxygen atoms in total. The Hall–Kier alpha value is -2.28. The van der Waals surface area contributed by atoms with Gasteiger partial charge in [-0.1, -0.05) is 17.4 Å². The summed E-state index contributed by atoms with van der Waals surface area (Å²) >= 11 is 1.61. The van der Waals surface area contributed by atoms with Crippen LogP contribution in [0.15, 0.2) is 43.1 Å². The fourth-order valence-electron chi connectivity index (χ4n) is 2.78. The summed E-state index contributed by atoms with van der Waals surface area (Å²) in [5, 5.41) is 10.5. The molecule has 0 spiro atoms. The molecular formula is C15H16N6S. The first-order valence-corrected chi connectivity index (χ1v) is 8.19. The molecule has 1 aliphatic rings. The molecule has 0 saturated carbocycles. The van der Waals surface area contributed by atoms with Gasteiger partial charge in [0.1, 0.15) is 5.69 Å². The second-order valence-corrected chi connectivity index (χ2v) is 6.29. The van der Waals surface area contributed by atoms with Crippen molar-refractivity contribution >= 4 is 16.5 Å². The van der Waals surface area contributed by atoms with E-state index in [-0.39, 0.29) is 0 Å². The fourth-order valence-corrected chi connectivity index (χ4v) is 3.65. The highest BCUT2D eigenvalue weighted by Gasteiger charge is 2.22. The lowest BCUT2D eigenvalue weighted by molar-refractivity contribution is 0.395. The lowest BCUT2D eigenvalue weighted by Gasteiger charge is -2.31. The van der Waals surface area contributed by atoms with E-state index in [4.69, 9.17) is 0 Å². The van der Waals surface area contributed by atoms with Crippen LogP contribution in [0.3, 0.4) is 0 Å². The Balaban J connectivity index is 1.45. The fraction of sp³-hybridized carbons (Fsp3) is 0.333. The molecule has 7 heteroatoms. The van der Waals surface area contributed by atoms with E-state index in [1.807, 2.05) is 36.9 Å². The van der Waals surface area contributed by atoms with Crippen LogP contribution in [-0.4, -0.2) is 37.8 Å². The Kier molecular flexibility index (Phi) is 3.56. The first-order valence-electron chi connectivity index (χ1n) is 7.37. The van der Waals surface area contributed by atoms with Gasteiger partial charge in [0.05, 0.1) is 6.33 Å². The minimum Gasteiger partial charge on any atom is -0.346 e. The van der Waals surface area contributed by atoms with Crippen molar-refractivity contribution in [1.82, 2.24) is 24.7 Å². The van der Waals surface area contributed by atoms with Crippen LogP contribution in [-0.2, 0) is 0 Å². The summed E-state index contributed by atoms with van der Waals surface area (Å²) in [5.41, 5.74) is 0.888. The van der Waals surface area contributed by atoms with Crippen LogP contribution in [0.1, 0.15) is 18.9 Å². The standard InChI is InChI=1S/C15H16N6S/c1-2-6-17-13(3-1)14-18-19-15(22-14)20-8-4-12(5-9-20)21-10-7-16-11-21/h1-3,6-7,10-12H,4-5,8-9H2. The van der Waals surface area contributed by atoms with Gasteiger partial charge in [0.15, 0.2) is 5.01 Å². The van der Waals surface area contributed by atoms with Gasteiger partial charge in [-0.25, -0.2) is 4.98 Å². The molecule has 112 valence electrons. The Bertz CT molecular complexity index is 716. The molecule has 1 saturated heterocycles. The van der Waals surface area contributed by atoms with Crippen LogP contribution in [0, 0.1) is 0 Å². The van der Waals surface area contributed by atoms with Gasteiger partial charge in [-0.05, 0) is 25.0 Å². The third-order valence-corrected chi connectivity index (χ3v) is 4.99. The summed E-state index contributed by atoms with van der Waals surface area (Å²) in [6.07, 6.45) is 9.79. The maximum atomic E-state index is 4.34. The highest BCUT2D eigenvalue weighted by molar-refractivity contribution is 7.18. The molecule has 0 atom stereocenters. The van der Waals surface area contributed by atoms with Crippen LogP contribution >= 0.6 is 11.3 Å². The van der Waals surface area contributed by atoms with Gasteiger partial charge in [0, 0.05) is 37.7 Å². The van der Waals surface area contributed by atoms with Crippen molar-refractivity contribution in [3.05, 3.63) is 43.1 Å². The van der Waals surface area contributed by atoms with Crippen molar-refractivity contribution in [3.63, 3.8) is 0 Å². The number of nitrogens with zero attached hydrogens (tertiary/aromatic N) is 6. The molecule has 4 heterocycles. The Labute approximate surface area is 132 Å². The third-order valence-electron chi connectivity index (χ3n) is 3.98. The van der Waals surface area contributed by atoms with E-state index >= 15 is 0 Å². The highest BCUT2D eigenvalue weighted by atomic mass is 32.1. The Morgan fingerprint density at radius 1 is 1.09 bits per heavy atom. The van der Waals surface area contributed by atoms with Gasteiger partial charge in [-0.2, -0.15) is 0 Å². The summed E-state index contributed by atoms with van der Waals surface area (Å²) in [6.45, 7) is 2.00. The molecule has 0 bridgehead atoms. The van der Waals surface area contributed by atoms with Crippen LogP contribution < -0.4 is 4.90 Å². The number of aromatic nitrogens is 5. The number of anilines is 1. The molecule has 4 rings (SSSR count). The predicted octanol–water partition coefficient (Wildman–Crippen LogP) is 2.64. The molecule has 22 heavy (non-hydrogen) atoms. The molecule has 0 radical (unpaired) electrons. The molecule has 1 aliphatic heterocycles. The van der Waals surface area contributed by atoms with Gasteiger partial charge in [-0.3, -0.25) is 4.98 Å². The number of piperidine rings is 1. The largest absolute Gasteiger partial charge is 0.346 e. The van der Waals surface area contributed by atoms with E-state index < -0.39 is 0 Å². The van der Waals surface area contributed by atoms with Crippen molar-refractivity contribution in [2.45, 2.75) is 18.9 Å². The number of imidazole rings is 1. The maximum Gasteiger partial charge on any atom is 0.208 e. The first-order chi connectivity index (χ1) is 10.9. The molecule has 0 N–H and O–H groups in total. The van der Waals surface area contributed by atoms with E-state index in [2.05, 4.69) is 29.6 Å². The van der Waals surface area contributed by atoms with Crippen LogP contribution in [0.4, 0.5) is 5.13 Å². The lowest BCUT2D eigenvalue weighted by Crippen LogP contribution is -2.34. The zero-order valence-electron chi connectivity index (χ0n) is 12.0. The van der Waals surface area contributed by atoms with E-state index in [9.17, 15) is 0 Å². The summed E-state index contributed by atoms with van der Waals surface area (Å²) in [6, 6.07) is 6.39.